The third-order valence-electron chi connectivity index (χ3n) is 9.35. The highest BCUT2D eigenvalue weighted by Gasteiger charge is 2.20. The second kappa shape index (κ2) is 11.6. The van der Waals surface area contributed by atoms with Gasteiger partial charge in [0.1, 0.15) is 11.2 Å². The van der Waals surface area contributed by atoms with Crippen molar-refractivity contribution in [3.05, 3.63) is 164 Å². The van der Waals surface area contributed by atoms with Crippen LogP contribution in [0.4, 0.5) is 0 Å². The zero-order chi connectivity index (χ0) is 33.0. The lowest BCUT2D eigenvalue weighted by Crippen LogP contribution is -2.00. The molecule has 0 aliphatic heterocycles. The highest BCUT2D eigenvalue weighted by molar-refractivity contribution is 7.26. The van der Waals surface area contributed by atoms with Crippen LogP contribution < -0.4 is 0 Å². The van der Waals surface area contributed by atoms with Crippen LogP contribution in [0, 0.1) is 0 Å². The predicted octanol–water partition coefficient (Wildman–Crippen LogP) is 12.5. The molecule has 7 aromatic carbocycles. The Morgan fingerprint density at radius 1 is 0.380 bits per heavy atom. The number of fused-ring (bicyclic) bond motifs is 6. The van der Waals surface area contributed by atoms with Gasteiger partial charge in [0.2, 0.25) is 0 Å². The van der Waals surface area contributed by atoms with Gasteiger partial charge in [-0.1, -0.05) is 140 Å². The molecule has 0 unspecified atom stereocenters. The molecular weight excluding hydrogens is 631 g/mol. The maximum Gasteiger partial charge on any atom is 0.164 e. The summed E-state index contributed by atoms with van der Waals surface area (Å²) in [6.07, 6.45) is 0. The van der Waals surface area contributed by atoms with Gasteiger partial charge in [0, 0.05) is 47.6 Å². The van der Waals surface area contributed by atoms with E-state index in [4.69, 9.17) is 19.4 Å². The van der Waals surface area contributed by atoms with Crippen LogP contribution in [-0.2, 0) is 0 Å². The van der Waals surface area contributed by atoms with E-state index in [1.165, 1.54) is 36.9 Å². The summed E-state index contributed by atoms with van der Waals surface area (Å²) in [7, 11) is 0. The third kappa shape index (κ3) is 4.71. The van der Waals surface area contributed by atoms with Crippen molar-refractivity contribution in [3.8, 4) is 56.4 Å². The van der Waals surface area contributed by atoms with E-state index in [1.807, 2.05) is 84.1 Å². The van der Waals surface area contributed by atoms with E-state index in [-0.39, 0.29) is 0 Å². The molecule has 0 saturated heterocycles. The molecule has 0 aliphatic carbocycles. The molecule has 5 heteroatoms. The summed E-state index contributed by atoms with van der Waals surface area (Å²) >= 11 is 1.86. The predicted molar refractivity (Wildman–Crippen MR) is 207 cm³/mol. The lowest BCUT2D eigenvalue weighted by molar-refractivity contribution is 0.669. The Morgan fingerprint density at radius 3 is 1.70 bits per heavy atom. The zero-order valence-corrected chi connectivity index (χ0v) is 27.6. The van der Waals surface area contributed by atoms with E-state index in [0.29, 0.717) is 17.5 Å². The van der Waals surface area contributed by atoms with Gasteiger partial charge in [-0.25, -0.2) is 15.0 Å². The number of aromatic nitrogens is 3. The molecule has 0 atom stereocenters. The molecule has 4 nitrogen and oxygen atoms in total. The van der Waals surface area contributed by atoms with E-state index < -0.39 is 0 Å². The van der Waals surface area contributed by atoms with Crippen LogP contribution in [0.15, 0.2) is 168 Å². The van der Waals surface area contributed by atoms with Gasteiger partial charge in [-0.2, -0.15) is 0 Å². The van der Waals surface area contributed by atoms with E-state index in [0.717, 1.165) is 44.2 Å². The topological polar surface area (TPSA) is 51.8 Å². The molecule has 50 heavy (non-hydrogen) atoms. The van der Waals surface area contributed by atoms with E-state index >= 15 is 0 Å². The average molecular weight is 658 g/mol. The smallest absolute Gasteiger partial charge is 0.164 e. The molecule has 0 saturated carbocycles. The summed E-state index contributed by atoms with van der Waals surface area (Å²) in [6, 6.07) is 56.8. The SMILES string of the molecule is c1ccc(-c2nc(-c3ccccc3)nc(-c3cccc4oc5ccc(-c6cccc7sc8c(-c9ccccc9)cccc8c67)cc5c34)n2)cc1. The quantitative estimate of drug-likeness (QED) is 0.185. The Morgan fingerprint density at radius 2 is 0.980 bits per heavy atom. The Balaban J connectivity index is 1.19. The molecule has 0 bridgehead atoms. The lowest BCUT2D eigenvalue weighted by Gasteiger charge is -2.09. The van der Waals surface area contributed by atoms with Crippen LogP contribution >= 0.6 is 11.3 Å². The number of furan rings is 1. The van der Waals surface area contributed by atoms with Crippen molar-refractivity contribution in [1.29, 1.82) is 0 Å². The summed E-state index contributed by atoms with van der Waals surface area (Å²) in [5.74, 6) is 1.87. The second-order valence-corrected chi connectivity index (χ2v) is 13.4. The van der Waals surface area contributed by atoms with Gasteiger partial charge in [0.15, 0.2) is 17.5 Å². The maximum atomic E-state index is 6.47. The van der Waals surface area contributed by atoms with Gasteiger partial charge in [-0.15, -0.1) is 11.3 Å². The monoisotopic (exact) mass is 657 g/mol. The highest BCUT2D eigenvalue weighted by Crippen LogP contribution is 2.45. The molecule has 234 valence electrons. The maximum absolute atomic E-state index is 6.47. The summed E-state index contributed by atoms with van der Waals surface area (Å²) in [6.45, 7) is 0. The van der Waals surface area contributed by atoms with Crippen LogP contribution in [-0.4, -0.2) is 15.0 Å². The molecule has 0 N–H and O–H groups in total. The minimum absolute atomic E-state index is 0.607. The average Bonchev–Trinajstić information content (AvgIpc) is 3.77. The third-order valence-corrected chi connectivity index (χ3v) is 10.6. The molecule has 0 aliphatic rings. The number of rotatable bonds is 5. The molecule has 10 aromatic rings. The molecule has 3 aromatic heterocycles. The number of hydrogen-bond acceptors (Lipinski definition) is 5. The summed E-state index contributed by atoms with van der Waals surface area (Å²) < 4.78 is 9.05. The number of thiophene rings is 1. The van der Waals surface area contributed by atoms with Crippen molar-refractivity contribution >= 4 is 53.4 Å². The fourth-order valence-corrected chi connectivity index (χ4v) is 8.31. The van der Waals surface area contributed by atoms with Crippen molar-refractivity contribution in [1.82, 2.24) is 15.0 Å². The standard InChI is InChI=1S/C45H27N3OS/c1-4-13-28(14-5-1)33-20-10-21-34-41-32(19-12-24-39(41)50-42(33)34)31-25-26-37-36(27-31)40-35(22-11-23-38(40)49-37)45-47-43(29-15-6-2-7-16-29)46-44(48-45)30-17-8-3-9-18-30/h1-27H. The summed E-state index contributed by atoms with van der Waals surface area (Å²) in [5, 5.41) is 4.56. The Labute approximate surface area is 292 Å². The number of nitrogens with zero attached hydrogens (tertiary/aromatic N) is 3. The first-order chi connectivity index (χ1) is 24.8. The lowest BCUT2D eigenvalue weighted by atomic mass is 9.96. The van der Waals surface area contributed by atoms with Gasteiger partial charge in [0.05, 0.1) is 0 Å². The van der Waals surface area contributed by atoms with Crippen molar-refractivity contribution in [2.24, 2.45) is 0 Å². The molecular formula is C45H27N3OS. The van der Waals surface area contributed by atoms with Crippen LogP contribution in [0.2, 0.25) is 0 Å². The largest absolute Gasteiger partial charge is 0.456 e. The van der Waals surface area contributed by atoms with E-state index in [1.54, 1.807) is 0 Å². The normalized spacial score (nSPS) is 11.6. The van der Waals surface area contributed by atoms with Crippen LogP contribution in [0.5, 0.6) is 0 Å². The minimum Gasteiger partial charge on any atom is -0.456 e. The van der Waals surface area contributed by atoms with Gasteiger partial charge in [0.25, 0.3) is 0 Å². The van der Waals surface area contributed by atoms with Crippen molar-refractivity contribution in [2.75, 3.05) is 0 Å². The molecule has 0 spiro atoms. The molecule has 0 radical (unpaired) electrons. The van der Waals surface area contributed by atoms with Crippen molar-refractivity contribution in [3.63, 3.8) is 0 Å². The Bertz CT molecular complexity index is 2800. The Kier molecular flexibility index (Phi) is 6.64. The first-order valence-corrected chi connectivity index (χ1v) is 17.4. The van der Waals surface area contributed by atoms with E-state index in [9.17, 15) is 0 Å². The van der Waals surface area contributed by atoms with Gasteiger partial charge < -0.3 is 4.42 Å². The van der Waals surface area contributed by atoms with Gasteiger partial charge >= 0.3 is 0 Å². The number of benzene rings is 7. The van der Waals surface area contributed by atoms with E-state index in [2.05, 4.69) is 91.0 Å². The summed E-state index contributed by atoms with van der Waals surface area (Å²) in [5.41, 5.74) is 9.23. The fourth-order valence-electron chi connectivity index (χ4n) is 7.04. The Hall–Kier alpha value is -6.43. The first-order valence-electron chi connectivity index (χ1n) is 16.6. The molecule has 0 amide bonds. The first kappa shape index (κ1) is 28.6. The van der Waals surface area contributed by atoms with Crippen molar-refractivity contribution < 1.29 is 4.42 Å². The fraction of sp³-hybridized carbons (Fsp3) is 0. The highest BCUT2D eigenvalue weighted by atomic mass is 32.1. The van der Waals surface area contributed by atoms with Crippen LogP contribution in [0.1, 0.15) is 0 Å². The van der Waals surface area contributed by atoms with Gasteiger partial charge in [-0.3, -0.25) is 0 Å². The molecule has 10 rings (SSSR count). The van der Waals surface area contributed by atoms with Gasteiger partial charge in [-0.05, 0) is 46.5 Å². The molecule has 3 heterocycles. The minimum atomic E-state index is 0.607. The zero-order valence-electron chi connectivity index (χ0n) is 26.7. The summed E-state index contributed by atoms with van der Waals surface area (Å²) in [4.78, 5) is 15.0. The second-order valence-electron chi connectivity index (χ2n) is 12.4. The van der Waals surface area contributed by atoms with Crippen LogP contribution in [0.3, 0.4) is 0 Å². The van der Waals surface area contributed by atoms with Crippen molar-refractivity contribution in [2.45, 2.75) is 0 Å². The van der Waals surface area contributed by atoms with Crippen LogP contribution in [0.25, 0.3) is 98.5 Å². The molecule has 0 fully saturated rings. The number of hydrogen-bond donors (Lipinski definition) is 0.